The van der Waals surface area contributed by atoms with E-state index in [1.54, 1.807) is 30.3 Å². The lowest BCUT2D eigenvalue weighted by atomic mass is 10.1. The van der Waals surface area contributed by atoms with Crippen LogP contribution in [0.4, 0.5) is 0 Å². The van der Waals surface area contributed by atoms with Gasteiger partial charge in [0, 0.05) is 24.2 Å². The number of methoxy groups -OCH3 is 2. The smallest absolute Gasteiger partial charge is 0.332 e. The normalized spacial score (nSPS) is 13.4. The minimum atomic E-state index is -0.610. The summed E-state index contributed by atoms with van der Waals surface area (Å²) in [5.74, 6) is 0.214. The number of amides is 2. The van der Waals surface area contributed by atoms with Crippen LogP contribution in [0, 0.1) is 0 Å². The maximum Gasteiger partial charge on any atom is 0.332 e. The molecule has 38 heavy (non-hydrogen) atoms. The highest BCUT2D eigenvalue weighted by Crippen LogP contribution is 2.30. The SMILES string of the molecule is CCCNC(=O)c1ccc(Cn2c(=O)c3cc(OC)c(OC)cc3n(CC(=O)NC3CCCC3)c2=O)cc1. The number of fused-ring (bicyclic) bond motifs is 1. The van der Waals surface area contributed by atoms with Crippen LogP contribution in [0.15, 0.2) is 46.0 Å². The summed E-state index contributed by atoms with van der Waals surface area (Å²) in [6.45, 7) is 2.29. The van der Waals surface area contributed by atoms with Crippen LogP contribution in [0.1, 0.15) is 54.9 Å². The molecule has 0 bridgehead atoms. The minimum absolute atomic E-state index is 0.0247. The molecule has 1 heterocycles. The van der Waals surface area contributed by atoms with Gasteiger partial charge in [0.05, 0.1) is 31.7 Å². The molecule has 202 valence electrons. The fourth-order valence-corrected chi connectivity index (χ4v) is 4.81. The van der Waals surface area contributed by atoms with Crippen molar-refractivity contribution >= 4 is 22.7 Å². The summed E-state index contributed by atoms with van der Waals surface area (Å²) in [4.78, 5) is 52.3. The number of nitrogens with zero attached hydrogens (tertiary/aromatic N) is 2. The molecule has 0 unspecified atom stereocenters. The number of carbonyl (C=O) groups is 2. The van der Waals surface area contributed by atoms with Gasteiger partial charge in [-0.1, -0.05) is 31.9 Å². The third kappa shape index (κ3) is 5.74. The first kappa shape index (κ1) is 27.0. The standard InChI is InChI=1S/C28H34N4O6/c1-4-13-29-26(34)19-11-9-18(10-12-19)16-32-27(35)21-14-23(37-2)24(38-3)15-22(21)31(28(32)36)17-25(33)30-20-7-5-6-8-20/h9-12,14-15,20H,4-8,13,16-17H2,1-3H3,(H,29,34)(H,30,33). The quantitative estimate of drug-likeness (QED) is 0.422. The van der Waals surface area contributed by atoms with Crippen molar-refractivity contribution in [1.82, 2.24) is 19.8 Å². The molecule has 3 aromatic rings. The van der Waals surface area contributed by atoms with Crippen LogP contribution in [-0.4, -0.2) is 47.8 Å². The topological polar surface area (TPSA) is 121 Å². The Labute approximate surface area is 220 Å². The lowest BCUT2D eigenvalue weighted by Gasteiger charge is -2.18. The molecule has 0 aliphatic heterocycles. The van der Waals surface area contributed by atoms with Crippen molar-refractivity contribution in [3.63, 3.8) is 0 Å². The van der Waals surface area contributed by atoms with Crippen LogP contribution in [0.3, 0.4) is 0 Å². The van der Waals surface area contributed by atoms with E-state index >= 15 is 0 Å². The maximum atomic E-state index is 13.6. The second-order valence-electron chi connectivity index (χ2n) is 9.49. The summed E-state index contributed by atoms with van der Waals surface area (Å²) in [7, 11) is 2.93. The molecule has 0 atom stereocenters. The highest BCUT2D eigenvalue weighted by atomic mass is 16.5. The summed E-state index contributed by atoms with van der Waals surface area (Å²) in [5, 5.41) is 6.05. The van der Waals surface area contributed by atoms with Gasteiger partial charge < -0.3 is 20.1 Å². The van der Waals surface area contributed by atoms with E-state index in [1.165, 1.54) is 24.9 Å². The lowest BCUT2D eigenvalue weighted by molar-refractivity contribution is -0.122. The molecule has 4 rings (SSSR count). The zero-order valence-corrected chi connectivity index (χ0v) is 22.0. The summed E-state index contributed by atoms with van der Waals surface area (Å²) in [5.41, 5.74) is 0.326. The molecular formula is C28H34N4O6. The average molecular weight is 523 g/mol. The Bertz CT molecular complexity index is 1430. The zero-order valence-electron chi connectivity index (χ0n) is 22.0. The van der Waals surface area contributed by atoms with Gasteiger partial charge in [-0.25, -0.2) is 4.79 Å². The number of benzene rings is 2. The average Bonchev–Trinajstić information content (AvgIpc) is 3.44. The molecule has 1 aromatic heterocycles. The van der Waals surface area contributed by atoms with E-state index in [0.29, 0.717) is 34.7 Å². The second-order valence-corrected chi connectivity index (χ2v) is 9.49. The number of hydrogen-bond donors (Lipinski definition) is 2. The fraction of sp³-hybridized carbons (Fsp3) is 0.429. The first-order valence-corrected chi connectivity index (χ1v) is 12.9. The van der Waals surface area contributed by atoms with E-state index in [-0.39, 0.29) is 36.3 Å². The predicted molar refractivity (Wildman–Crippen MR) is 144 cm³/mol. The second kappa shape index (κ2) is 12.0. The Balaban J connectivity index is 1.74. The number of ether oxygens (including phenoxy) is 2. The van der Waals surface area contributed by atoms with Crippen molar-refractivity contribution in [3.05, 3.63) is 68.4 Å². The molecule has 2 amide bonds. The molecule has 1 fully saturated rings. The Kier molecular flexibility index (Phi) is 8.50. The Hall–Kier alpha value is -4.08. The summed E-state index contributed by atoms with van der Waals surface area (Å²) >= 11 is 0. The van der Waals surface area contributed by atoms with E-state index in [4.69, 9.17) is 9.47 Å². The molecule has 0 spiro atoms. The first-order valence-electron chi connectivity index (χ1n) is 12.9. The van der Waals surface area contributed by atoms with Crippen molar-refractivity contribution in [2.45, 2.75) is 58.2 Å². The number of rotatable bonds is 10. The van der Waals surface area contributed by atoms with Gasteiger partial charge in [0.2, 0.25) is 5.91 Å². The maximum absolute atomic E-state index is 13.6. The number of carbonyl (C=O) groups excluding carboxylic acids is 2. The van der Waals surface area contributed by atoms with Gasteiger partial charge in [0.15, 0.2) is 11.5 Å². The molecule has 0 saturated heterocycles. The Morgan fingerprint density at radius 1 is 0.974 bits per heavy atom. The number of nitrogens with one attached hydrogen (secondary N) is 2. The van der Waals surface area contributed by atoms with Crippen LogP contribution >= 0.6 is 0 Å². The van der Waals surface area contributed by atoms with E-state index in [2.05, 4.69) is 10.6 Å². The fourth-order valence-electron chi connectivity index (χ4n) is 4.81. The lowest BCUT2D eigenvalue weighted by Crippen LogP contribution is -2.44. The Morgan fingerprint density at radius 3 is 2.26 bits per heavy atom. The van der Waals surface area contributed by atoms with E-state index in [1.807, 2.05) is 6.92 Å². The van der Waals surface area contributed by atoms with Gasteiger partial charge in [-0.05, 0) is 43.0 Å². The summed E-state index contributed by atoms with van der Waals surface area (Å²) in [6, 6.07) is 9.91. The predicted octanol–water partition coefficient (Wildman–Crippen LogP) is 2.43. The summed E-state index contributed by atoms with van der Waals surface area (Å²) in [6.07, 6.45) is 4.79. The van der Waals surface area contributed by atoms with Crippen molar-refractivity contribution in [3.8, 4) is 11.5 Å². The molecule has 1 aliphatic carbocycles. The van der Waals surface area contributed by atoms with Crippen LogP contribution in [0.25, 0.3) is 10.9 Å². The van der Waals surface area contributed by atoms with Gasteiger partial charge in [-0.2, -0.15) is 0 Å². The van der Waals surface area contributed by atoms with E-state index in [9.17, 15) is 19.2 Å². The Morgan fingerprint density at radius 2 is 1.63 bits per heavy atom. The third-order valence-electron chi connectivity index (χ3n) is 6.84. The van der Waals surface area contributed by atoms with Crippen molar-refractivity contribution in [2.75, 3.05) is 20.8 Å². The summed E-state index contributed by atoms with van der Waals surface area (Å²) < 4.78 is 13.2. The van der Waals surface area contributed by atoms with Crippen LogP contribution in [-0.2, 0) is 17.9 Å². The molecular weight excluding hydrogens is 488 g/mol. The highest BCUT2D eigenvalue weighted by molar-refractivity contribution is 5.94. The highest BCUT2D eigenvalue weighted by Gasteiger charge is 2.21. The van der Waals surface area contributed by atoms with Gasteiger partial charge in [-0.3, -0.25) is 23.5 Å². The number of aromatic nitrogens is 2. The van der Waals surface area contributed by atoms with Gasteiger partial charge in [0.25, 0.3) is 11.5 Å². The van der Waals surface area contributed by atoms with Crippen molar-refractivity contribution in [2.24, 2.45) is 0 Å². The first-order chi connectivity index (χ1) is 18.4. The molecule has 1 saturated carbocycles. The van der Waals surface area contributed by atoms with Crippen molar-refractivity contribution in [1.29, 1.82) is 0 Å². The van der Waals surface area contributed by atoms with Gasteiger partial charge >= 0.3 is 5.69 Å². The largest absolute Gasteiger partial charge is 0.493 e. The van der Waals surface area contributed by atoms with E-state index in [0.717, 1.165) is 36.7 Å². The minimum Gasteiger partial charge on any atom is -0.493 e. The molecule has 2 N–H and O–H groups in total. The van der Waals surface area contributed by atoms with Gasteiger partial charge in [0.1, 0.15) is 6.54 Å². The van der Waals surface area contributed by atoms with Crippen LogP contribution in [0.2, 0.25) is 0 Å². The third-order valence-corrected chi connectivity index (χ3v) is 6.84. The molecule has 2 aromatic carbocycles. The molecule has 0 radical (unpaired) electrons. The van der Waals surface area contributed by atoms with E-state index < -0.39 is 11.2 Å². The molecule has 10 nitrogen and oxygen atoms in total. The van der Waals surface area contributed by atoms with Crippen molar-refractivity contribution < 1.29 is 19.1 Å². The molecule has 10 heteroatoms. The monoisotopic (exact) mass is 522 g/mol. The molecule has 1 aliphatic rings. The zero-order chi connectivity index (χ0) is 27.2. The van der Waals surface area contributed by atoms with Gasteiger partial charge in [-0.15, -0.1) is 0 Å². The van der Waals surface area contributed by atoms with Crippen LogP contribution < -0.4 is 31.4 Å². The number of hydrogen-bond acceptors (Lipinski definition) is 6. The van der Waals surface area contributed by atoms with Crippen LogP contribution in [0.5, 0.6) is 11.5 Å².